The van der Waals surface area contributed by atoms with Crippen LogP contribution in [0.1, 0.15) is 29.5 Å². The van der Waals surface area contributed by atoms with E-state index in [0.717, 1.165) is 68.2 Å². The Morgan fingerprint density at radius 3 is 2.28 bits per heavy atom. The number of carboxylic acid groups (broad SMARTS) is 1. The zero-order valence-electron chi connectivity index (χ0n) is 20.6. The number of aliphatic carboxylic acids is 1. The minimum absolute atomic E-state index is 0.213. The first-order chi connectivity index (χ1) is 18.4. The van der Waals surface area contributed by atoms with Crippen molar-refractivity contribution in [2.45, 2.75) is 43.9 Å². The molecule has 2 aliphatic rings. The highest BCUT2D eigenvalue weighted by Gasteiger charge is 2.39. The average molecular weight is 557 g/mol. The Bertz CT molecular complexity index is 1270. The van der Waals surface area contributed by atoms with Crippen molar-refractivity contribution >= 4 is 5.97 Å². The number of fused-ring (bicyclic) bond motifs is 1. The second-order valence-electron chi connectivity index (χ2n) is 9.42. The normalized spacial score (nSPS) is 17.4. The number of para-hydroxylation sites is 1. The minimum atomic E-state index is -5.08. The maximum absolute atomic E-state index is 12.9. The number of piperidine rings is 1. The van der Waals surface area contributed by atoms with E-state index in [2.05, 4.69) is 26.5 Å². The molecule has 3 N–H and O–H groups in total. The molecule has 1 aromatic heterocycles. The molecule has 1 fully saturated rings. The van der Waals surface area contributed by atoms with E-state index >= 15 is 0 Å². The standard InChI is InChI=1S/C24H25F3N4O.C2HF3O2/c25-24(26,27)20-7-5-17(6-8-20)22-19(14-29-30-22)15-31-11-9-23(10-12-31)16-28-13-18-3-1-2-4-21(18)32-23;3-2(4,5)1(6)7/h1-8,14,28H,9-13,15-16H2,(H,29,30);(H,6,7). The molecular weight excluding hydrogens is 530 g/mol. The van der Waals surface area contributed by atoms with Crippen LogP contribution in [0.3, 0.4) is 0 Å². The molecule has 3 aromatic rings. The number of carbonyl (C=O) groups is 1. The fourth-order valence-electron chi connectivity index (χ4n) is 4.59. The lowest BCUT2D eigenvalue weighted by Crippen LogP contribution is -2.52. The van der Waals surface area contributed by atoms with Gasteiger partial charge in [0, 0.05) is 56.7 Å². The number of nitrogens with zero attached hydrogens (tertiary/aromatic N) is 2. The van der Waals surface area contributed by atoms with E-state index in [1.165, 1.54) is 17.7 Å². The molecule has 0 radical (unpaired) electrons. The molecule has 2 aromatic carbocycles. The fraction of sp³-hybridized carbons (Fsp3) is 0.385. The van der Waals surface area contributed by atoms with Crippen LogP contribution < -0.4 is 10.1 Å². The number of aromatic amines is 1. The molecule has 0 bridgehead atoms. The highest BCUT2D eigenvalue weighted by Crippen LogP contribution is 2.34. The third-order valence-electron chi connectivity index (χ3n) is 6.68. The first-order valence-corrected chi connectivity index (χ1v) is 12.1. The van der Waals surface area contributed by atoms with Gasteiger partial charge < -0.3 is 15.2 Å². The van der Waals surface area contributed by atoms with Gasteiger partial charge in [0.2, 0.25) is 0 Å². The lowest BCUT2D eigenvalue weighted by Gasteiger charge is -2.41. The number of ether oxygens (including phenoxy) is 1. The lowest BCUT2D eigenvalue weighted by atomic mass is 9.90. The number of benzene rings is 2. The summed E-state index contributed by atoms with van der Waals surface area (Å²) in [5, 5.41) is 17.8. The van der Waals surface area contributed by atoms with Gasteiger partial charge >= 0.3 is 18.3 Å². The molecule has 1 spiro atoms. The smallest absolute Gasteiger partial charge is 0.486 e. The zero-order chi connectivity index (χ0) is 28.3. The molecule has 2 aliphatic heterocycles. The number of likely N-dealkylation sites (tertiary alicyclic amines) is 1. The molecule has 0 unspecified atom stereocenters. The van der Waals surface area contributed by atoms with Gasteiger partial charge in [-0.3, -0.25) is 10.00 Å². The van der Waals surface area contributed by atoms with Crippen LogP contribution >= 0.6 is 0 Å². The number of hydrogen-bond donors (Lipinski definition) is 3. The summed E-state index contributed by atoms with van der Waals surface area (Å²) in [4.78, 5) is 11.2. The molecular formula is C26H26F6N4O3. The second-order valence-corrected chi connectivity index (χ2v) is 9.42. The molecule has 0 amide bonds. The summed E-state index contributed by atoms with van der Waals surface area (Å²) >= 11 is 0. The van der Waals surface area contributed by atoms with Gasteiger partial charge in [0.15, 0.2) is 0 Å². The topological polar surface area (TPSA) is 90.5 Å². The monoisotopic (exact) mass is 556 g/mol. The van der Waals surface area contributed by atoms with Gasteiger partial charge in [-0.15, -0.1) is 0 Å². The third kappa shape index (κ3) is 7.09. The number of alkyl halides is 6. The van der Waals surface area contributed by atoms with Crippen LogP contribution in [0.15, 0.2) is 54.7 Å². The van der Waals surface area contributed by atoms with E-state index in [1.807, 2.05) is 18.2 Å². The number of H-pyrrole nitrogens is 1. The van der Waals surface area contributed by atoms with Crippen LogP contribution in [0, 0.1) is 0 Å². The van der Waals surface area contributed by atoms with E-state index in [4.69, 9.17) is 14.6 Å². The minimum Gasteiger partial charge on any atom is -0.486 e. The van der Waals surface area contributed by atoms with Gasteiger partial charge in [0.1, 0.15) is 11.4 Å². The maximum atomic E-state index is 12.9. The molecule has 0 atom stereocenters. The SMILES string of the molecule is FC(F)(F)c1ccc(-c2[nH]ncc2CN2CCC3(CC2)CNCc2ccccc2O3)cc1.O=C(O)C(F)(F)F. The number of rotatable bonds is 3. The summed E-state index contributed by atoms with van der Waals surface area (Å²) in [7, 11) is 0. The summed E-state index contributed by atoms with van der Waals surface area (Å²) in [6.45, 7) is 4.07. The van der Waals surface area contributed by atoms with Crippen molar-refractivity contribution in [1.82, 2.24) is 20.4 Å². The van der Waals surface area contributed by atoms with E-state index in [0.29, 0.717) is 12.1 Å². The van der Waals surface area contributed by atoms with Crippen molar-refractivity contribution in [1.29, 1.82) is 0 Å². The van der Waals surface area contributed by atoms with Gasteiger partial charge in [-0.05, 0) is 23.8 Å². The van der Waals surface area contributed by atoms with Crippen molar-refractivity contribution in [3.8, 4) is 17.0 Å². The zero-order valence-corrected chi connectivity index (χ0v) is 20.6. The number of carboxylic acids is 1. The number of nitrogens with one attached hydrogen (secondary N) is 2. The van der Waals surface area contributed by atoms with Crippen molar-refractivity contribution in [2.24, 2.45) is 0 Å². The first-order valence-electron chi connectivity index (χ1n) is 12.1. The molecule has 39 heavy (non-hydrogen) atoms. The van der Waals surface area contributed by atoms with Crippen molar-refractivity contribution in [3.05, 3.63) is 71.4 Å². The predicted octanol–water partition coefficient (Wildman–Crippen LogP) is 5.25. The lowest BCUT2D eigenvalue weighted by molar-refractivity contribution is -0.192. The molecule has 0 saturated carbocycles. The summed E-state index contributed by atoms with van der Waals surface area (Å²) in [5.41, 5.74) is 2.77. The highest BCUT2D eigenvalue weighted by molar-refractivity contribution is 5.73. The van der Waals surface area contributed by atoms with E-state index in [-0.39, 0.29) is 5.60 Å². The second kappa shape index (κ2) is 11.3. The average Bonchev–Trinajstić information content (AvgIpc) is 3.26. The molecule has 210 valence electrons. The predicted molar refractivity (Wildman–Crippen MR) is 129 cm³/mol. The molecule has 3 heterocycles. The summed E-state index contributed by atoms with van der Waals surface area (Å²) in [6.07, 6.45) is -5.85. The quantitative estimate of drug-likeness (QED) is 0.382. The third-order valence-corrected chi connectivity index (χ3v) is 6.68. The van der Waals surface area contributed by atoms with Crippen LogP contribution in [0.25, 0.3) is 11.3 Å². The van der Waals surface area contributed by atoms with Gasteiger partial charge in [-0.1, -0.05) is 30.3 Å². The molecule has 5 rings (SSSR count). The van der Waals surface area contributed by atoms with Crippen LogP contribution in [0.2, 0.25) is 0 Å². The summed E-state index contributed by atoms with van der Waals surface area (Å²) in [5.74, 6) is -1.79. The van der Waals surface area contributed by atoms with Gasteiger partial charge in [0.05, 0.1) is 17.5 Å². The van der Waals surface area contributed by atoms with Gasteiger partial charge in [-0.25, -0.2) is 4.79 Å². The van der Waals surface area contributed by atoms with Gasteiger partial charge in [0.25, 0.3) is 0 Å². The van der Waals surface area contributed by atoms with Gasteiger partial charge in [-0.2, -0.15) is 31.4 Å². The van der Waals surface area contributed by atoms with Crippen molar-refractivity contribution in [2.75, 3.05) is 19.6 Å². The Morgan fingerprint density at radius 2 is 1.67 bits per heavy atom. The Kier molecular flexibility index (Phi) is 8.21. The number of aromatic nitrogens is 2. The van der Waals surface area contributed by atoms with Crippen LogP contribution in [-0.4, -0.2) is 57.6 Å². The Hall–Kier alpha value is -3.58. The van der Waals surface area contributed by atoms with Crippen LogP contribution in [0.4, 0.5) is 26.3 Å². The largest absolute Gasteiger partial charge is 0.490 e. The summed E-state index contributed by atoms with van der Waals surface area (Å²) < 4.78 is 76.8. The fourth-order valence-corrected chi connectivity index (χ4v) is 4.59. The Morgan fingerprint density at radius 1 is 1.03 bits per heavy atom. The highest BCUT2D eigenvalue weighted by atomic mass is 19.4. The summed E-state index contributed by atoms with van der Waals surface area (Å²) in [6, 6.07) is 13.4. The Labute approximate surface area is 219 Å². The number of halogens is 6. The van der Waals surface area contributed by atoms with Crippen molar-refractivity contribution in [3.63, 3.8) is 0 Å². The molecule has 0 aliphatic carbocycles. The molecule has 13 heteroatoms. The molecule has 7 nitrogen and oxygen atoms in total. The Balaban J connectivity index is 0.000000448. The van der Waals surface area contributed by atoms with Crippen molar-refractivity contribution < 1.29 is 41.0 Å². The van der Waals surface area contributed by atoms with Crippen LogP contribution in [-0.2, 0) is 24.1 Å². The molecule has 1 saturated heterocycles. The first kappa shape index (κ1) is 28.4. The maximum Gasteiger partial charge on any atom is 0.490 e. The van der Waals surface area contributed by atoms with E-state index in [9.17, 15) is 26.3 Å². The number of hydrogen-bond acceptors (Lipinski definition) is 5. The van der Waals surface area contributed by atoms with E-state index in [1.54, 1.807) is 6.20 Å². The van der Waals surface area contributed by atoms with E-state index < -0.39 is 23.9 Å². The van der Waals surface area contributed by atoms with Crippen LogP contribution in [0.5, 0.6) is 5.75 Å².